The van der Waals surface area contributed by atoms with Crippen LogP contribution in [0.15, 0.2) is 29.2 Å². The second kappa shape index (κ2) is 5.26. The molecule has 0 unspecified atom stereocenters. The van der Waals surface area contributed by atoms with Gasteiger partial charge in [-0.05, 0) is 25.0 Å². The summed E-state index contributed by atoms with van der Waals surface area (Å²) in [6.07, 6.45) is 1.70. The van der Waals surface area contributed by atoms with Crippen molar-refractivity contribution < 1.29 is 12.8 Å². The van der Waals surface area contributed by atoms with Gasteiger partial charge in [-0.2, -0.15) is 4.31 Å². The predicted octanol–water partition coefficient (Wildman–Crippen LogP) is 1.30. The standard InChI is InChI=1S/C12H16FN3O2S/c13-10-3-1-2-4-11(10)19(17,18)16(9-5-6-9)8-7-12(14)15/h1-4,9H,5-8H2,(H3,14,15). The molecule has 7 heteroatoms. The Morgan fingerprint density at radius 2 is 2.05 bits per heavy atom. The molecule has 5 nitrogen and oxygen atoms in total. The molecule has 0 saturated heterocycles. The third kappa shape index (κ3) is 3.10. The molecule has 1 saturated carbocycles. The summed E-state index contributed by atoms with van der Waals surface area (Å²) in [5.74, 6) is -0.828. The van der Waals surface area contributed by atoms with Crippen molar-refractivity contribution in [3.05, 3.63) is 30.1 Å². The minimum atomic E-state index is -3.86. The Balaban J connectivity index is 2.29. The molecule has 104 valence electrons. The molecule has 0 spiro atoms. The van der Waals surface area contributed by atoms with Crippen molar-refractivity contribution in [2.45, 2.75) is 30.2 Å². The van der Waals surface area contributed by atoms with Crippen molar-refractivity contribution in [2.24, 2.45) is 5.73 Å². The topological polar surface area (TPSA) is 87.2 Å². The molecule has 1 aliphatic carbocycles. The van der Waals surface area contributed by atoms with E-state index in [1.165, 1.54) is 22.5 Å². The molecule has 1 aromatic carbocycles. The van der Waals surface area contributed by atoms with E-state index in [0.29, 0.717) is 0 Å². The Bertz CT molecular complexity index is 584. The Hall–Kier alpha value is -1.47. The second-order valence-electron chi connectivity index (χ2n) is 4.55. The van der Waals surface area contributed by atoms with Crippen LogP contribution in [0.5, 0.6) is 0 Å². The van der Waals surface area contributed by atoms with Gasteiger partial charge in [0.05, 0.1) is 5.84 Å². The quantitative estimate of drug-likeness (QED) is 0.610. The molecule has 0 radical (unpaired) electrons. The van der Waals surface area contributed by atoms with Gasteiger partial charge in [0.25, 0.3) is 0 Å². The largest absolute Gasteiger partial charge is 0.388 e. The lowest BCUT2D eigenvalue weighted by Gasteiger charge is -2.21. The number of hydrogen-bond donors (Lipinski definition) is 2. The lowest BCUT2D eigenvalue weighted by Crippen LogP contribution is -2.36. The average Bonchev–Trinajstić information content (AvgIpc) is 3.13. The molecular weight excluding hydrogens is 269 g/mol. The summed E-state index contributed by atoms with van der Waals surface area (Å²) in [7, 11) is -3.86. The van der Waals surface area contributed by atoms with E-state index in [0.717, 1.165) is 18.9 Å². The van der Waals surface area contributed by atoms with Gasteiger partial charge in [-0.1, -0.05) is 12.1 Å². The van der Waals surface area contributed by atoms with Crippen molar-refractivity contribution >= 4 is 15.9 Å². The molecule has 0 bridgehead atoms. The van der Waals surface area contributed by atoms with Gasteiger partial charge >= 0.3 is 0 Å². The van der Waals surface area contributed by atoms with Crippen LogP contribution in [0, 0.1) is 11.2 Å². The van der Waals surface area contributed by atoms with Crippen LogP contribution in [-0.4, -0.2) is 31.1 Å². The summed E-state index contributed by atoms with van der Waals surface area (Å²) >= 11 is 0. The van der Waals surface area contributed by atoms with Crippen molar-refractivity contribution in [1.82, 2.24) is 4.31 Å². The number of rotatable bonds is 6. The summed E-state index contributed by atoms with van der Waals surface area (Å²) in [4.78, 5) is -0.314. The van der Waals surface area contributed by atoms with E-state index in [1.54, 1.807) is 0 Å². The van der Waals surface area contributed by atoms with Gasteiger partial charge in [-0.25, -0.2) is 12.8 Å². The molecule has 19 heavy (non-hydrogen) atoms. The lowest BCUT2D eigenvalue weighted by atomic mass is 10.3. The van der Waals surface area contributed by atoms with E-state index >= 15 is 0 Å². The molecule has 0 aromatic heterocycles. The van der Waals surface area contributed by atoms with Gasteiger partial charge in [0.2, 0.25) is 10.0 Å². The van der Waals surface area contributed by atoms with Crippen LogP contribution in [0.2, 0.25) is 0 Å². The number of nitrogens with one attached hydrogen (secondary N) is 1. The van der Waals surface area contributed by atoms with Gasteiger partial charge < -0.3 is 5.73 Å². The van der Waals surface area contributed by atoms with Gasteiger partial charge in [-0.15, -0.1) is 0 Å². The summed E-state index contributed by atoms with van der Waals surface area (Å²) < 4.78 is 39.8. The second-order valence-corrected chi connectivity index (χ2v) is 6.41. The Morgan fingerprint density at radius 1 is 1.42 bits per heavy atom. The summed E-state index contributed by atoms with van der Waals surface area (Å²) in [6, 6.07) is 5.23. The Labute approximate surface area is 111 Å². The maximum Gasteiger partial charge on any atom is 0.246 e. The van der Waals surface area contributed by atoms with Crippen LogP contribution in [0.4, 0.5) is 4.39 Å². The zero-order chi connectivity index (χ0) is 14.0. The average molecular weight is 285 g/mol. The number of amidine groups is 1. The predicted molar refractivity (Wildman–Crippen MR) is 69.8 cm³/mol. The number of halogens is 1. The van der Waals surface area contributed by atoms with Crippen LogP contribution in [0.1, 0.15) is 19.3 Å². The van der Waals surface area contributed by atoms with Gasteiger partial charge in [-0.3, -0.25) is 5.41 Å². The van der Waals surface area contributed by atoms with E-state index in [1.807, 2.05) is 0 Å². The first-order valence-corrected chi connectivity index (χ1v) is 7.46. The van der Waals surface area contributed by atoms with Crippen LogP contribution in [0.25, 0.3) is 0 Å². The molecule has 3 N–H and O–H groups in total. The zero-order valence-corrected chi connectivity index (χ0v) is 11.2. The maximum atomic E-state index is 13.7. The van der Waals surface area contributed by atoms with Crippen LogP contribution in [0.3, 0.4) is 0 Å². The maximum absolute atomic E-state index is 13.7. The van der Waals surface area contributed by atoms with Crippen LogP contribution >= 0.6 is 0 Å². The van der Waals surface area contributed by atoms with Crippen LogP contribution < -0.4 is 5.73 Å². The fourth-order valence-corrected chi connectivity index (χ4v) is 3.63. The normalized spacial score (nSPS) is 15.7. The highest BCUT2D eigenvalue weighted by atomic mass is 32.2. The summed E-state index contributed by atoms with van der Waals surface area (Å²) in [5, 5.41) is 7.18. The molecule has 0 amide bonds. The first-order chi connectivity index (χ1) is 8.93. The fourth-order valence-electron chi connectivity index (χ4n) is 1.87. The molecule has 0 heterocycles. The smallest absolute Gasteiger partial charge is 0.246 e. The molecule has 1 fully saturated rings. The molecule has 1 aromatic rings. The molecule has 2 rings (SSSR count). The third-order valence-electron chi connectivity index (χ3n) is 2.98. The van der Waals surface area contributed by atoms with E-state index in [9.17, 15) is 12.8 Å². The summed E-state index contributed by atoms with van der Waals surface area (Å²) in [6.45, 7) is 0.122. The summed E-state index contributed by atoms with van der Waals surface area (Å²) in [5.41, 5.74) is 5.26. The number of hydrogen-bond acceptors (Lipinski definition) is 3. The first-order valence-electron chi connectivity index (χ1n) is 6.02. The molecule has 0 aliphatic heterocycles. The number of benzene rings is 1. The Kier molecular flexibility index (Phi) is 3.86. The fraction of sp³-hybridized carbons (Fsp3) is 0.417. The van der Waals surface area contributed by atoms with Crippen molar-refractivity contribution in [2.75, 3.05) is 6.54 Å². The van der Waals surface area contributed by atoms with Gasteiger partial charge in [0.1, 0.15) is 10.7 Å². The molecule has 1 aliphatic rings. The minimum absolute atomic E-state index is 0.0746. The highest BCUT2D eigenvalue weighted by Gasteiger charge is 2.38. The van der Waals surface area contributed by atoms with Crippen molar-refractivity contribution in [1.29, 1.82) is 5.41 Å². The molecular formula is C12H16FN3O2S. The number of sulfonamides is 1. The highest BCUT2D eigenvalue weighted by molar-refractivity contribution is 7.89. The van der Waals surface area contributed by atoms with E-state index in [4.69, 9.17) is 11.1 Å². The molecule has 0 atom stereocenters. The SMILES string of the molecule is N=C(N)CCN(C1CC1)S(=O)(=O)c1ccccc1F. The number of nitrogens with zero attached hydrogens (tertiary/aromatic N) is 1. The van der Waals surface area contributed by atoms with Gasteiger partial charge in [0.15, 0.2) is 0 Å². The van der Waals surface area contributed by atoms with Gasteiger partial charge in [0, 0.05) is 19.0 Å². The van der Waals surface area contributed by atoms with Crippen molar-refractivity contribution in [3.8, 4) is 0 Å². The minimum Gasteiger partial charge on any atom is -0.388 e. The highest BCUT2D eigenvalue weighted by Crippen LogP contribution is 2.32. The van der Waals surface area contributed by atoms with E-state index in [-0.39, 0.29) is 29.7 Å². The van der Waals surface area contributed by atoms with Crippen molar-refractivity contribution in [3.63, 3.8) is 0 Å². The monoisotopic (exact) mass is 285 g/mol. The number of nitrogens with two attached hydrogens (primary N) is 1. The Morgan fingerprint density at radius 3 is 2.58 bits per heavy atom. The zero-order valence-electron chi connectivity index (χ0n) is 10.3. The van der Waals surface area contributed by atoms with Crippen LogP contribution in [-0.2, 0) is 10.0 Å². The first kappa shape index (κ1) is 14.0. The van der Waals surface area contributed by atoms with E-state index in [2.05, 4.69) is 0 Å². The van der Waals surface area contributed by atoms with E-state index < -0.39 is 15.8 Å². The third-order valence-corrected chi connectivity index (χ3v) is 4.96. The lowest BCUT2D eigenvalue weighted by molar-refractivity contribution is 0.408.